The van der Waals surface area contributed by atoms with Crippen LogP contribution in [0.5, 0.6) is 0 Å². The third kappa shape index (κ3) is 3.16. The molecule has 0 radical (unpaired) electrons. The first-order chi connectivity index (χ1) is 6.03. The zero-order valence-corrected chi connectivity index (χ0v) is 9.11. The Morgan fingerprint density at radius 3 is 2.38 bits per heavy atom. The first-order valence-electron chi connectivity index (χ1n) is 4.27. The molecule has 0 aliphatic rings. The lowest BCUT2D eigenvalue weighted by Gasteiger charge is -2.18. The smallest absolute Gasteiger partial charge is 0.0378 e. The second-order valence-electron chi connectivity index (χ2n) is 3.85. The molecule has 0 fully saturated rings. The van der Waals surface area contributed by atoms with E-state index < -0.39 is 0 Å². The maximum atomic E-state index is 5.41. The summed E-state index contributed by atoms with van der Waals surface area (Å²) >= 11 is 1.81. The molecular formula is C12H14S. The van der Waals surface area contributed by atoms with E-state index in [1.807, 2.05) is 30.0 Å². The van der Waals surface area contributed by atoms with Gasteiger partial charge in [-0.2, -0.15) is 0 Å². The van der Waals surface area contributed by atoms with E-state index in [1.165, 1.54) is 4.90 Å². The van der Waals surface area contributed by atoms with Gasteiger partial charge in [-0.3, -0.25) is 0 Å². The van der Waals surface area contributed by atoms with E-state index in [9.17, 15) is 0 Å². The van der Waals surface area contributed by atoms with Gasteiger partial charge < -0.3 is 0 Å². The number of rotatable bonds is 1. The molecule has 0 amide bonds. The summed E-state index contributed by atoms with van der Waals surface area (Å²) in [5, 5.41) is 0. The highest BCUT2D eigenvalue weighted by Gasteiger charge is 2.13. The Hall–Kier alpha value is -0.870. The van der Waals surface area contributed by atoms with Crippen LogP contribution in [0.15, 0.2) is 29.2 Å². The average molecular weight is 190 g/mol. The Kier molecular flexibility index (Phi) is 3.06. The number of hydrogen-bond donors (Lipinski definition) is 0. The van der Waals surface area contributed by atoms with Crippen molar-refractivity contribution in [3.05, 3.63) is 29.8 Å². The van der Waals surface area contributed by atoms with Gasteiger partial charge in [-0.15, -0.1) is 18.2 Å². The van der Waals surface area contributed by atoms with Crippen LogP contribution < -0.4 is 0 Å². The summed E-state index contributed by atoms with van der Waals surface area (Å²) in [7, 11) is 0. The highest BCUT2D eigenvalue weighted by Crippen LogP contribution is 2.33. The number of thioether (sulfide) groups is 1. The molecule has 0 heterocycles. The van der Waals surface area contributed by atoms with Crippen LogP contribution in [0.2, 0.25) is 0 Å². The standard InChI is InChI=1S/C12H14S/c1-5-10-8-6-7-9-11(10)13-12(2,3)4/h1,6-9H,2-4H3. The molecular weight excluding hydrogens is 176 g/mol. The van der Waals surface area contributed by atoms with Crippen molar-refractivity contribution in [2.45, 2.75) is 30.4 Å². The van der Waals surface area contributed by atoms with Crippen LogP contribution in [0, 0.1) is 12.3 Å². The fourth-order valence-corrected chi connectivity index (χ4v) is 2.05. The van der Waals surface area contributed by atoms with Crippen molar-refractivity contribution in [1.29, 1.82) is 0 Å². The molecule has 1 aromatic rings. The average Bonchev–Trinajstić information content (AvgIpc) is 2.02. The lowest BCUT2D eigenvalue weighted by Crippen LogP contribution is -2.07. The third-order valence-corrected chi connectivity index (χ3v) is 2.65. The molecule has 0 spiro atoms. The molecule has 0 saturated carbocycles. The first-order valence-corrected chi connectivity index (χ1v) is 5.09. The lowest BCUT2D eigenvalue weighted by molar-refractivity contribution is 0.802. The Morgan fingerprint density at radius 2 is 1.85 bits per heavy atom. The molecule has 0 saturated heterocycles. The van der Waals surface area contributed by atoms with Gasteiger partial charge in [-0.25, -0.2) is 0 Å². The fourth-order valence-electron chi connectivity index (χ4n) is 1.00. The highest BCUT2D eigenvalue weighted by molar-refractivity contribution is 8.00. The molecule has 1 heteroatoms. The predicted octanol–water partition coefficient (Wildman–Crippen LogP) is 3.56. The van der Waals surface area contributed by atoms with E-state index in [0.29, 0.717) is 0 Å². The Morgan fingerprint density at radius 1 is 1.23 bits per heavy atom. The van der Waals surface area contributed by atoms with Crippen molar-refractivity contribution >= 4 is 11.8 Å². The molecule has 0 aliphatic carbocycles. The van der Waals surface area contributed by atoms with Crippen LogP contribution in [0.25, 0.3) is 0 Å². The van der Waals surface area contributed by atoms with Gasteiger partial charge in [0.2, 0.25) is 0 Å². The van der Waals surface area contributed by atoms with Gasteiger partial charge >= 0.3 is 0 Å². The molecule has 0 aliphatic heterocycles. The van der Waals surface area contributed by atoms with Gasteiger partial charge in [0.15, 0.2) is 0 Å². The summed E-state index contributed by atoms with van der Waals surface area (Å²) in [6.07, 6.45) is 5.41. The van der Waals surface area contributed by atoms with E-state index in [1.54, 1.807) is 0 Å². The zero-order valence-electron chi connectivity index (χ0n) is 8.29. The van der Waals surface area contributed by atoms with E-state index in [2.05, 4.69) is 32.8 Å². The summed E-state index contributed by atoms with van der Waals surface area (Å²) in [6.45, 7) is 6.56. The normalized spacial score (nSPS) is 10.9. The van der Waals surface area contributed by atoms with E-state index >= 15 is 0 Å². The van der Waals surface area contributed by atoms with Gasteiger partial charge in [-0.1, -0.05) is 38.8 Å². The van der Waals surface area contributed by atoms with E-state index in [-0.39, 0.29) is 4.75 Å². The van der Waals surface area contributed by atoms with Crippen molar-refractivity contribution in [2.24, 2.45) is 0 Å². The fraction of sp³-hybridized carbons (Fsp3) is 0.333. The van der Waals surface area contributed by atoms with E-state index in [0.717, 1.165) is 5.56 Å². The van der Waals surface area contributed by atoms with Gasteiger partial charge in [0.25, 0.3) is 0 Å². The van der Waals surface area contributed by atoms with Crippen LogP contribution in [0.3, 0.4) is 0 Å². The number of hydrogen-bond acceptors (Lipinski definition) is 1. The second kappa shape index (κ2) is 3.89. The lowest BCUT2D eigenvalue weighted by atomic mass is 10.2. The van der Waals surface area contributed by atoms with Crippen molar-refractivity contribution in [2.75, 3.05) is 0 Å². The van der Waals surface area contributed by atoms with Crippen LogP contribution in [0.4, 0.5) is 0 Å². The van der Waals surface area contributed by atoms with Crippen molar-refractivity contribution in [1.82, 2.24) is 0 Å². The molecule has 0 aromatic heterocycles. The first kappa shape index (κ1) is 10.2. The molecule has 0 atom stereocenters. The Balaban J connectivity index is 2.96. The maximum Gasteiger partial charge on any atom is 0.0378 e. The summed E-state index contributed by atoms with van der Waals surface area (Å²) in [5.41, 5.74) is 0.988. The van der Waals surface area contributed by atoms with Crippen molar-refractivity contribution in [3.63, 3.8) is 0 Å². The monoisotopic (exact) mass is 190 g/mol. The Bertz CT molecular complexity index is 326. The molecule has 0 nitrogen and oxygen atoms in total. The third-order valence-electron chi connectivity index (χ3n) is 1.46. The van der Waals surface area contributed by atoms with Gasteiger partial charge in [0.1, 0.15) is 0 Å². The zero-order chi connectivity index (χ0) is 9.90. The summed E-state index contributed by atoms with van der Waals surface area (Å²) < 4.78 is 0.215. The molecule has 1 aromatic carbocycles. The van der Waals surface area contributed by atoms with E-state index in [4.69, 9.17) is 6.42 Å². The van der Waals surface area contributed by atoms with Gasteiger partial charge in [0.05, 0.1) is 0 Å². The van der Waals surface area contributed by atoms with Gasteiger partial charge in [0, 0.05) is 15.2 Å². The molecule has 1 rings (SSSR count). The topological polar surface area (TPSA) is 0 Å². The largest absolute Gasteiger partial charge is 0.119 e. The minimum atomic E-state index is 0.215. The highest BCUT2D eigenvalue weighted by atomic mass is 32.2. The van der Waals surface area contributed by atoms with Gasteiger partial charge in [-0.05, 0) is 12.1 Å². The van der Waals surface area contributed by atoms with Crippen LogP contribution in [-0.2, 0) is 0 Å². The molecule has 0 N–H and O–H groups in total. The summed E-state index contributed by atoms with van der Waals surface area (Å²) in [6, 6.07) is 8.05. The Labute approximate surface area is 84.7 Å². The molecule has 0 unspecified atom stereocenters. The second-order valence-corrected chi connectivity index (χ2v) is 5.72. The summed E-state index contributed by atoms with van der Waals surface area (Å²) in [4.78, 5) is 1.19. The SMILES string of the molecule is C#Cc1ccccc1SC(C)(C)C. The number of benzene rings is 1. The minimum Gasteiger partial charge on any atom is -0.119 e. The quantitative estimate of drug-likeness (QED) is 0.482. The van der Waals surface area contributed by atoms with Crippen molar-refractivity contribution in [3.8, 4) is 12.3 Å². The van der Waals surface area contributed by atoms with Crippen molar-refractivity contribution < 1.29 is 0 Å². The maximum absolute atomic E-state index is 5.41. The molecule has 68 valence electrons. The van der Waals surface area contributed by atoms with Crippen LogP contribution >= 0.6 is 11.8 Å². The molecule has 0 bridgehead atoms. The molecule has 13 heavy (non-hydrogen) atoms. The van der Waals surface area contributed by atoms with Crippen LogP contribution in [-0.4, -0.2) is 4.75 Å². The van der Waals surface area contributed by atoms with Crippen LogP contribution in [0.1, 0.15) is 26.3 Å². The minimum absolute atomic E-state index is 0.215. The number of terminal acetylenes is 1. The predicted molar refractivity (Wildman–Crippen MR) is 60.0 cm³/mol. The summed E-state index contributed by atoms with van der Waals surface area (Å²) in [5.74, 6) is 2.70.